The molecule has 8 nitrogen and oxygen atoms in total. The van der Waals surface area contributed by atoms with Gasteiger partial charge in [-0.2, -0.15) is 0 Å². The molecule has 0 aromatic heterocycles. The Morgan fingerprint density at radius 1 is 1.32 bits per heavy atom. The summed E-state index contributed by atoms with van der Waals surface area (Å²) in [6.07, 6.45) is 0.369. The zero-order chi connectivity index (χ0) is 20.1. The van der Waals surface area contributed by atoms with Gasteiger partial charge in [0.15, 0.2) is 0 Å². The highest BCUT2D eigenvalue weighted by atomic mass is 16.5. The van der Waals surface area contributed by atoms with Crippen molar-refractivity contribution in [1.82, 2.24) is 10.2 Å². The van der Waals surface area contributed by atoms with Crippen LogP contribution < -0.4 is 15.4 Å². The second kappa shape index (κ2) is 9.56. The van der Waals surface area contributed by atoms with E-state index in [0.29, 0.717) is 17.4 Å². The van der Waals surface area contributed by atoms with Crippen LogP contribution in [0.5, 0.6) is 5.75 Å². The lowest BCUT2D eigenvalue weighted by atomic mass is 9.94. The van der Waals surface area contributed by atoms with Crippen molar-refractivity contribution in [2.24, 2.45) is 5.92 Å². The predicted octanol–water partition coefficient (Wildman–Crippen LogP) is 1.04. The fraction of sp³-hybridized carbons (Fsp3) is 0.650. The maximum absolute atomic E-state index is 12.3. The number of nitrogens with zero attached hydrogens (tertiary/aromatic N) is 1. The highest BCUT2D eigenvalue weighted by molar-refractivity contribution is 5.89. The second-order valence-corrected chi connectivity index (χ2v) is 7.66. The van der Waals surface area contributed by atoms with E-state index >= 15 is 0 Å². The summed E-state index contributed by atoms with van der Waals surface area (Å²) < 4.78 is 11.0. The van der Waals surface area contributed by atoms with Crippen molar-refractivity contribution in [2.75, 3.05) is 38.7 Å². The standard InChI is InChI=1S/C20H31N3O5/c1-13-6-8-23(9-7-13)18-16(28-17(12-24)19(18)25)11-21-20(26)22-14-4-3-5-15(10-14)27-2/h3-5,10,13,16-19,24-25H,6-9,11-12H2,1-2H3,(H2,21,22,26). The Morgan fingerprint density at radius 2 is 2.07 bits per heavy atom. The van der Waals surface area contributed by atoms with Gasteiger partial charge in [0, 0.05) is 18.3 Å². The third-order valence-corrected chi connectivity index (χ3v) is 5.67. The van der Waals surface area contributed by atoms with Gasteiger partial charge in [-0.3, -0.25) is 4.90 Å². The van der Waals surface area contributed by atoms with E-state index in [2.05, 4.69) is 22.5 Å². The van der Waals surface area contributed by atoms with Crippen molar-refractivity contribution in [3.63, 3.8) is 0 Å². The lowest BCUT2D eigenvalue weighted by molar-refractivity contribution is -0.0205. The molecule has 2 heterocycles. The predicted molar refractivity (Wildman–Crippen MR) is 106 cm³/mol. The molecular weight excluding hydrogens is 362 g/mol. The van der Waals surface area contributed by atoms with Crippen LogP contribution in [-0.4, -0.2) is 78.8 Å². The molecule has 2 saturated heterocycles. The zero-order valence-corrected chi connectivity index (χ0v) is 16.5. The van der Waals surface area contributed by atoms with Crippen molar-refractivity contribution in [2.45, 2.75) is 44.1 Å². The Hall–Kier alpha value is -1.87. The summed E-state index contributed by atoms with van der Waals surface area (Å²) >= 11 is 0. The van der Waals surface area contributed by atoms with Crippen LogP contribution in [0.2, 0.25) is 0 Å². The first-order valence-electron chi connectivity index (χ1n) is 9.89. The summed E-state index contributed by atoms with van der Waals surface area (Å²) in [7, 11) is 1.57. The minimum Gasteiger partial charge on any atom is -0.497 e. The molecule has 4 atom stereocenters. The lowest BCUT2D eigenvalue weighted by Gasteiger charge is -2.38. The van der Waals surface area contributed by atoms with Crippen molar-refractivity contribution in [1.29, 1.82) is 0 Å². The Kier molecular flexibility index (Phi) is 7.12. The van der Waals surface area contributed by atoms with Crippen molar-refractivity contribution < 1.29 is 24.5 Å². The average molecular weight is 393 g/mol. The largest absolute Gasteiger partial charge is 0.497 e. The molecule has 2 aliphatic rings. The van der Waals surface area contributed by atoms with E-state index < -0.39 is 12.2 Å². The number of ether oxygens (including phenoxy) is 2. The Balaban J connectivity index is 1.58. The van der Waals surface area contributed by atoms with Gasteiger partial charge in [0.2, 0.25) is 0 Å². The van der Waals surface area contributed by atoms with Gasteiger partial charge < -0.3 is 30.3 Å². The van der Waals surface area contributed by atoms with Crippen LogP contribution in [0.4, 0.5) is 10.5 Å². The first-order chi connectivity index (χ1) is 13.5. The monoisotopic (exact) mass is 393 g/mol. The summed E-state index contributed by atoms with van der Waals surface area (Å²) in [4.78, 5) is 14.5. The van der Waals surface area contributed by atoms with E-state index in [1.807, 2.05) is 0 Å². The molecule has 0 aliphatic carbocycles. The number of methoxy groups -OCH3 is 1. The molecule has 3 rings (SSSR count). The Labute approximate surface area is 165 Å². The molecule has 4 N–H and O–H groups in total. The highest BCUT2D eigenvalue weighted by Crippen LogP contribution is 2.29. The first kappa shape index (κ1) is 20.9. The average Bonchev–Trinajstić information content (AvgIpc) is 3.02. The van der Waals surface area contributed by atoms with Crippen LogP contribution >= 0.6 is 0 Å². The van der Waals surface area contributed by atoms with Gasteiger partial charge in [-0.05, 0) is 44.0 Å². The summed E-state index contributed by atoms with van der Waals surface area (Å²) in [5, 5.41) is 25.7. The number of hydrogen-bond donors (Lipinski definition) is 4. The van der Waals surface area contributed by atoms with Gasteiger partial charge >= 0.3 is 6.03 Å². The molecule has 156 valence electrons. The molecule has 0 bridgehead atoms. The number of likely N-dealkylation sites (tertiary alicyclic amines) is 1. The van der Waals surface area contributed by atoms with E-state index in [1.165, 1.54) is 0 Å². The van der Waals surface area contributed by atoms with Crippen LogP contribution in [-0.2, 0) is 4.74 Å². The minimum absolute atomic E-state index is 0.234. The van der Waals surface area contributed by atoms with Gasteiger partial charge in [-0.15, -0.1) is 0 Å². The molecule has 2 fully saturated rings. The van der Waals surface area contributed by atoms with Crippen LogP contribution in [0.1, 0.15) is 19.8 Å². The third kappa shape index (κ3) is 4.94. The summed E-state index contributed by atoms with van der Waals surface area (Å²) in [6.45, 7) is 4.01. The number of aliphatic hydroxyl groups excluding tert-OH is 2. The number of aliphatic hydroxyl groups is 2. The van der Waals surface area contributed by atoms with Crippen LogP contribution in [0.3, 0.4) is 0 Å². The lowest BCUT2D eigenvalue weighted by Crippen LogP contribution is -2.53. The number of urea groups is 1. The van der Waals surface area contributed by atoms with Crippen molar-refractivity contribution in [3.05, 3.63) is 24.3 Å². The van der Waals surface area contributed by atoms with Gasteiger partial charge in [0.25, 0.3) is 0 Å². The minimum atomic E-state index is -0.772. The number of anilines is 1. The van der Waals surface area contributed by atoms with Crippen LogP contribution in [0.25, 0.3) is 0 Å². The SMILES string of the molecule is COc1cccc(NC(=O)NCC2OC(CO)C(O)C2N2CCC(C)CC2)c1. The number of nitrogens with one attached hydrogen (secondary N) is 2. The van der Waals surface area contributed by atoms with Gasteiger partial charge in [0.05, 0.1) is 25.9 Å². The molecule has 28 heavy (non-hydrogen) atoms. The molecule has 8 heteroatoms. The smallest absolute Gasteiger partial charge is 0.319 e. The number of hydrogen-bond acceptors (Lipinski definition) is 6. The highest BCUT2D eigenvalue weighted by Gasteiger charge is 2.46. The van der Waals surface area contributed by atoms with E-state index in [0.717, 1.165) is 25.9 Å². The Morgan fingerprint density at radius 3 is 2.75 bits per heavy atom. The topological polar surface area (TPSA) is 103 Å². The zero-order valence-electron chi connectivity index (χ0n) is 16.5. The van der Waals surface area contributed by atoms with Crippen molar-refractivity contribution in [3.8, 4) is 5.75 Å². The molecule has 0 radical (unpaired) electrons. The fourth-order valence-corrected chi connectivity index (χ4v) is 3.99. The molecule has 4 unspecified atom stereocenters. The second-order valence-electron chi connectivity index (χ2n) is 7.66. The van der Waals surface area contributed by atoms with E-state index in [9.17, 15) is 15.0 Å². The quantitative estimate of drug-likeness (QED) is 0.576. The number of piperidine rings is 1. The van der Waals surface area contributed by atoms with Crippen LogP contribution in [0, 0.1) is 5.92 Å². The van der Waals surface area contributed by atoms with E-state index in [1.54, 1.807) is 31.4 Å². The summed E-state index contributed by atoms with van der Waals surface area (Å²) in [6, 6.07) is 6.51. The van der Waals surface area contributed by atoms with Gasteiger partial charge in [0.1, 0.15) is 18.0 Å². The van der Waals surface area contributed by atoms with Crippen molar-refractivity contribution >= 4 is 11.7 Å². The third-order valence-electron chi connectivity index (χ3n) is 5.67. The summed E-state index contributed by atoms with van der Waals surface area (Å²) in [5.41, 5.74) is 0.624. The fourth-order valence-electron chi connectivity index (χ4n) is 3.99. The molecule has 0 saturated carbocycles. The number of carbonyl (C=O) groups is 1. The van der Waals surface area contributed by atoms with E-state index in [4.69, 9.17) is 9.47 Å². The molecular formula is C20H31N3O5. The maximum atomic E-state index is 12.3. The molecule has 2 aliphatic heterocycles. The Bertz CT molecular complexity index is 650. The van der Waals surface area contributed by atoms with E-state index in [-0.39, 0.29) is 31.3 Å². The molecule has 0 spiro atoms. The number of amides is 2. The molecule has 1 aromatic rings. The number of carbonyl (C=O) groups excluding carboxylic acids is 1. The van der Waals surface area contributed by atoms with Gasteiger partial charge in [-0.25, -0.2) is 4.79 Å². The maximum Gasteiger partial charge on any atom is 0.319 e. The number of benzene rings is 1. The summed E-state index contributed by atoms with van der Waals surface area (Å²) in [5.74, 6) is 1.33. The first-order valence-corrected chi connectivity index (χ1v) is 9.89. The molecule has 1 aromatic carbocycles. The molecule has 2 amide bonds. The van der Waals surface area contributed by atoms with Crippen LogP contribution in [0.15, 0.2) is 24.3 Å². The normalized spacial score (nSPS) is 28.9. The van der Waals surface area contributed by atoms with Gasteiger partial charge in [-0.1, -0.05) is 13.0 Å². The number of rotatable bonds is 6.